The minimum Gasteiger partial charge on any atom is -0.460 e. The van der Waals surface area contributed by atoms with E-state index in [0.717, 1.165) is 10.9 Å². The van der Waals surface area contributed by atoms with E-state index in [1.54, 1.807) is 55.1 Å². The van der Waals surface area contributed by atoms with Gasteiger partial charge in [0.15, 0.2) is 24.3 Å². The average molecular weight is 663 g/mol. The van der Waals surface area contributed by atoms with Crippen LogP contribution < -0.4 is 19.9 Å². The molecule has 47 heavy (non-hydrogen) atoms. The number of nitrogens with zero attached hydrogens (tertiary/aromatic N) is 1. The van der Waals surface area contributed by atoms with Gasteiger partial charge in [0.05, 0.1) is 6.61 Å². The van der Waals surface area contributed by atoms with Gasteiger partial charge >= 0.3 is 13.7 Å². The number of fused-ring (bicyclic) bond motifs is 2. The standard InChI is InChI=1S/C34H36N3O9P/c1-22(33(39)41-20-23-11-5-4-6-12-23)36-47(40,46-27-17-9-14-24-13-7-8-16-26(24)27)42-21-28-29-30(45-34(2,3)44-29)32(43-28)37-18-10-15-25(19-37)31(35)38/h4-19,22,28-30,32H,20-21H2,1-3H3,(H2-,35,36,38,40)/p+1/t22?,28?,29-,30-,32-,47?/m1/s1. The fourth-order valence-electron chi connectivity index (χ4n) is 5.64. The average Bonchev–Trinajstić information content (AvgIpc) is 3.56. The largest absolute Gasteiger partial charge is 0.460 e. The highest BCUT2D eigenvalue weighted by molar-refractivity contribution is 7.52. The van der Waals surface area contributed by atoms with Gasteiger partial charge in [0.1, 0.15) is 36.2 Å². The quantitative estimate of drug-likeness (QED) is 0.126. The topological polar surface area (TPSA) is 149 Å². The van der Waals surface area contributed by atoms with Crippen molar-refractivity contribution in [1.82, 2.24) is 5.09 Å². The number of pyridine rings is 1. The Morgan fingerprint density at radius 2 is 1.70 bits per heavy atom. The zero-order valence-corrected chi connectivity index (χ0v) is 27.1. The summed E-state index contributed by atoms with van der Waals surface area (Å²) in [4.78, 5) is 24.9. The number of aromatic nitrogens is 1. The summed E-state index contributed by atoms with van der Waals surface area (Å²) in [6.07, 6.45) is 0.589. The number of amides is 1. The van der Waals surface area contributed by atoms with Crippen LogP contribution in [0.5, 0.6) is 5.75 Å². The summed E-state index contributed by atoms with van der Waals surface area (Å²) in [6, 6.07) is 24.3. The van der Waals surface area contributed by atoms with Gasteiger partial charge in [-0.15, -0.1) is 0 Å². The van der Waals surface area contributed by atoms with E-state index >= 15 is 0 Å². The van der Waals surface area contributed by atoms with Gasteiger partial charge in [-0.2, -0.15) is 9.65 Å². The number of ether oxygens (including phenoxy) is 4. The number of esters is 1. The zero-order chi connectivity index (χ0) is 33.2. The van der Waals surface area contributed by atoms with Gasteiger partial charge in [-0.3, -0.25) is 14.1 Å². The van der Waals surface area contributed by atoms with Crippen LogP contribution in [0.2, 0.25) is 0 Å². The predicted molar refractivity (Wildman–Crippen MR) is 170 cm³/mol. The van der Waals surface area contributed by atoms with Crippen LogP contribution in [0.25, 0.3) is 10.8 Å². The lowest BCUT2D eigenvalue weighted by Gasteiger charge is -2.26. The maximum Gasteiger partial charge on any atom is 0.459 e. The Hall–Kier alpha value is -4.16. The van der Waals surface area contributed by atoms with Crippen molar-refractivity contribution >= 4 is 30.4 Å². The zero-order valence-electron chi connectivity index (χ0n) is 26.2. The first-order valence-electron chi connectivity index (χ1n) is 15.2. The molecule has 6 atom stereocenters. The molecule has 246 valence electrons. The summed E-state index contributed by atoms with van der Waals surface area (Å²) in [5.41, 5.74) is 6.60. The Morgan fingerprint density at radius 3 is 2.49 bits per heavy atom. The second-order valence-electron chi connectivity index (χ2n) is 11.8. The van der Waals surface area contributed by atoms with Gasteiger partial charge in [0, 0.05) is 11.5 Å². The summed E-state index contributed by atoms with van der Waals surface area (Å²) in [6.45, 7) is 4.87. The Labute approximate surface area is 272 Å². The fourth-order valence-corrected chi connectivity index (χ4v) is 7.16. The molecule has 1 aromatic heterocycles. The van der Waals surface area contributed by atoms with E-state index in [9.17, 15) is 14.2 Å². The third-order valence-corrected chi connectivity index (χ3v) is 9.46. The van der Waals surface area contributed by atoms with Gasteiger partial charge in [-0.1, -0.05) is 66.7 Å². The molecule has 12 nitrogen and oxygen atoms in total. The molecule has 0 saturated carbocycles. The molecule has 0 bridgehead atoms. The molecule has 4 aromatic rings. The van der Waals surface area contributed by atoms with Crippen molar-refractivity contribution in [3.05, 3.63) is 108 Å². The molecule has 6 rings (SSSR count). The molecule has 2 aliphatic rings. The van der Waals surface area contributed by atoms with Crippen LogP contribution in [0.3, 0.4) is 0 Å². The van der Waals surface area contributed by atoms with E-state index < -0.39 is 56.0 Å². The lowest BCUT2D eigenvalue weighted by Crippen LogP contribution is -2.46. The maximum atomic E-state index is 14.5. The molecule has 3 aromatic carbocycles. The van der Waals surface area contributed by atoms with Crippen LogP contribution in [0.4, 0.5) is 0 Å². The highest BCUT2D eigenvalue weighted by Crippen LogP contribution is 2.49. The van der Waals surface area contributed by atoms with Gasteiger partial charge in [0.25, 0.3) is 12.1 Å². The molecule has 2 fully saturated rings. The van der Waals surface area contributed by atoms with E-state index in [1.165, 1.54) is 6.92 Å². The number of rotatable bonds is 12. The summed E-state index contributed by atoms with van der Waals surface area (Å²) >= 11 is 0. The molecule has 2 saturated heterocycles. The number of hydrogen-bond donors (Lipinski definition) is 2. The van der Waals surface area contributed by atoms with E-state index in [0.29, 0.717) is 11.1 Å². The number of hydrogen-bond acceptors (Lipinski definition) is 9. The summed E-state index contributed by atoms with van der Waals surface area (Å²) in [5.74, 6) is -1.88. The highest BCUT2D eigenvalue weighted by Gasteiger charge is 2.59. The Kier molecular flexibility index (Phi) is 9.43. The Morgan fingerprint density at radius 1 is 0.979 bits per heavy atom. The summed E-state index contributed by atoms with van der Waals surface area (Å²) in [5, 5.41) is 4.33. The van der Waals surface area contributed by atoms with Gasteiger partial charge in [0.2, 0.25) is 0 Å². The predicted octanol–water partition coefficient (Wildman–Crippen LogP) is 4.57. The van der Waals surface area contributed by atoms with E-state index in [4.69, 9.17) is 33.7 Å². The lowest BCUT2D eigenvalue weighted by atomic mass is 10.1. The third kappa shape index (κ3) is 7.54. The maximum absolute atomic E-state index is 14.5. The molecule has 2 aliphatic heterocycles. The van der Waals surface area contributed by atoms with Crippen molar-refractivity contribution in [3.8, 4) is 5.75 Å². The second-order valence-corrected chi connectivity index (χ2v) is 13.5. The highest BCUT2D eigenvalue weighted by atomic mass is 31.2. The molecule has 0 spiro atoms. The lowest BCUT2D eigenvalue weighted by molar-refractivity contribution is -0.766. The molecular weight excluding hydrogens is 625 g/mol. The van der Waals surface area contributed by atoms with E-state index in [2.05, 4.69) is 5.09 Å². The van der Waals surface area contributed by atoms with Crippen LogP contribution in [0, 0.1) is 0 Å². The Balaban J connectivity index is 1.23. The monoisotopic (exact) mass is 662 g/mol. The second kappa shape index (κ2) is 13.5. The smallest absolute Gasteiger partial charge is 0.459 e. The molecule has 0 radical (unpaired) electrons. The van der Waals surface area contributed by atoms with E-state index in [1.807, 2.05) is 60.7 Å². The van der Waals surface area contributed by atoms with E-state index in [-0.39, 0.29) is 18.8 Å². The minimum absolute atomic E-state index is 0.0448. The van der Waals surface area contributed by atoms with Crippen LogP contribution in [0.15, 0.2) is 97.3 Å². The number of primary amides is 1. The van der Waals surface area contributed by atoms with Crippen LogP contribution in [-0.4, -0.2) is 48.6 Å². The van der Waals surface area contributed by atoms with Crippen molar-refractivity contribution in [3.63, 3.8) is 0 Å². The van der Waals surface area contributed by atoms with Gasteiger partial charge in [-0.05, 0) is 43.9 Å². The van der Waals surface area contributed by atoms with Crippen LogP contribution in [0.1, 0.15) is 42.9 Å². The first kappa shape index (κ1) is 32.8. The minimum atomic E-state index is -4.28. The number of carbonyl (C=O) groups is 2. The molecule has 3 unspecified atom stereocenters. The first-order valence-corrected chi connectivity index (χ1v) is 16.8. The molecule has 1 amide bonds. The summed E-state index contributed by atoms with van der Waals surface area (Å²) < 4.78 is 52.5. The molecule has 0 aliphatic carbocycles. The molecular formula is C34H37N3O9P+. The van der Waals surface area contributed by atoms with Crippen molar-refractivity contribution in [2.75, 3.05) is 6.61 Å². The molecule has 13 heteroatoms. The number of benzene rings is 3. The first-order chi connectivity index (χ1) is 22.5. The van der Waals surface area contributed by atoms with Crippen molar-refractivity contribution in [2.24, 2.45) is 5.73 Å². The fraction of sp³-hybridized carbons (Fsp3) is 0.324. The number of nitrogens with two attached hydrogens (primary N) is 1. The van der Waals surface area contributed by atoms with Crippen molar-refractivity contribution in [2.45, 2.75) is 63.7 Å². The van der Waals surface area contributed by atoms with Crippen molar-refractivity contribution in [1.29, 1.82) is 0 Å². The third-order valence-electron chi connectivity index (χ3n) is 7.83. The molecule has 3 N–H and O–H groups in total. The van der Waals surface area contributed by atoms with Crippen molar-refractivity contribution < 1.29 is 46.7 Å². The normalized spacial score (nSPS) is 23.5. The number of carbonyl (C=O) groups excluding carboxylic acids is 2. The summed E-state index contributed by atoms with van der Waals surface area (Å²) in [7, 11) is -4.28. The Bertz CT molecular complexity index is 1800. The van der Waals surface area contributed by atoms with Crippen LogP contribution in [-0.2, 0) is 39.4 Å². The number of nitrogens with one attached hydrogen (secondary N) is 1. The molecule has 3 heterocycles. The SMILES string of the molecule is CC(NP(=O)(OCC1O[C@@H]([n+]2cccc(C(N)=O)c2)[C@@H]2OC(C)(C)O[C@H]12)Oc1cccc2ccccc12)C(=O)OCc1ccccc1. The van der Waals surface area contributed by atoms with Gasteiger partial charge < -0.3 is 29.2 Å². The van der Waals surface area contributed by atoms with Crippen LogP contribution >= 0.6 is 7.75 Å². The van der Waals surface area contributed by atoms with Gasteiger partial charge in [-0.25, -0.2) is 4.57 Å².